The minimum atomic E-state index is -0.619. The van der Waals surface area contributed by atoms with Crippen molar-refractivity contribution in [2.24, 2.45) is 0 Å². The van der Waals surface area contributed by atoms with Gasteiger partial charge in [-0.15, -0.1) is 0 Å². The quantitative estimate of drug-likeness (QED) is 0.495. The Kier molecular flexibility index (Phi) is 7.52. The largest absolute Gasteiger partial charge is 0.449 e. The van der Waals surface area contributed by atoms with Gasteiger partial charge in [-0.3, -0.25) is 0 Å². The van der Waals surface area contributed by atoms with Gasteiger partial charge in [0, 0.05) is 34.0 Å². The number of amides is 2. The van der Waals surface area contributed by atoms with Crippen molar-refractivity contribution in [2.75, 3.05) is 19.7 Å². The van der Waals surface area contributed by atoms with Crippen LogP contribution >= 0.6 is 22.6 Å². The first-order valence-electron chi connectivity index (χ1n) is 10.8. The van der Waals surface area contributed by atoms with Gasteiger partial charge < -0.3 is 19.7 Å². The fourth-order valence-electron chi connectivity index (χ4n) is 3.98. The predicted octanol–water partition coefficient (Wildman–Crippen LogP) is 5.64. The van der Waals surface area contributed by atoms with Crippen LogP contribution in [0, 0.1) is 9.39 Å². The zero-order valence-corrected chi connectivity index (χ0v) is 21.1. The van der Waals surface area contributed by atoms with E-state index in [1.165, 1.54) is 6.07 Å². The highest BCUT2D eigenvalue weighted by Crippen LogP contribution is 2.27. The first-order valence-corrected chi connectivity index (χ1v) is 11.8. The number of rotatable bonds is 4. The second-order valence-electron chi connectivity index (χ2n) is 9.44. The number of hydrogen-bond acceptors (Lipinski definition) is 4. The molecule has 6 nitrogen and oxygen atoms in total. The summed E-state index contributed by atoms with van der Waals surface area (Å²) in [5.41, 5.74) is -0.654. The van der Waals surface area contributed by atoms with Crippen molar-refractivity contribution < 1.29 is 23.5 Å². The molecule has 1 fully saturated rings. The number of piperidine rings is 1. The summed E-state index contributed by atoms with van der Waals surface area (Å²) in [6, 6.07) is 9.00. The van der Waals surface area contributed by atoms with Gasteiger partial charge in [0.1, 0.15) is 11.4 Å². The molecule has 3 rings (SSSR count). The fourth-order valence-corrected chi connectivity index (χ4v) is 4.82. The standard InChI is InChI=1S/C24H30FIN2O4/c1-23(2,3)32-22(30)28-13-6-12-24(4,15-28)27-21(29)31-14-11-17-18(25)10-9-16-7-5-8-19(26)20(16)17/h5,7-10H,6,11-15H2,1-4H3,(H,27,29)/t24-/m1/s1. The Morgan fingerprint density at radius 1 is 1.25 bits per heavy atom. The van der Waals surface area contributed by atoms with E-state index in [9.17, 15) is 14.0 Å². The van der Waals surface area contributed by atoms with Crippen LogP contribution in [0.2, 0.25) is 0 Å². The zero-order valence-electron chi connectivity index (χ0n) is 19.0. The second kappa shape index (κ2) is 9.80. The van der Waals surface area contributed by atoms with E-state index in [1.807, 2.05) is 45.9 Å². The molecule has 1 N–H and O–H groups in total. The number of carbonyl (C=O) groups is 2. The molecule has 0 bridgehead atoms. The van der Waals surface area contributed by atoms with E-state index in [-0.39, 0.29) is 24.9 Å². The van der Waals surface area contributed by atoms with Crippen LogP contribution in [0.15, 0.2) is 30.3 Å². The third-order valence-electron chi connectivity index (χ3n) is 5.38. The van der Waals surface area contributed by atoms with E-state index in [0.29, 0.717) is 18.7 Å². The van der Waals surface area contributed by atoms with E-state index in [2.05, 4.69) is 27.9 Å². The normalized spacial score (nSPS) is 19.0. The molecule has 8 heteroatoms. The first-order chi connectivity index (χ1) is 15.0. The van der Waals surface area contributed by atoms with E-state index < -0.39 is 17.2 Å². The number of alkyl carbamates (subject to hydrolysis) is 1. The zero-order chi connectivity index (χ0) is 23.5. The van der Waals surface area contributed by atoms with Crippen molar-refractivity contribution in [2.45, 2.75) is 58.1 Å². The molecule has 1 saturated heterocycles. The topological polar surface area (TPSA) is 67.9 Å². The SMILES string of the molecule is CC(C)(C)OC(=O)N1CCC[C@@](C)(NC(=O)OCCc2c(F)ccc3cccc(I)c23)C1. The lowest BCUT2D eigenvalue weighted by Gasteiger charge is -2.40. The van der Waals surface area contributed by atoms with Crippen molar-refractivity contribution in [1.82, 2.24) is 10.2 Å². The van der Waals surface area contributed by atoms with Crippen LogP contribution < -0.4 is 5.32 Å². The molecule has 0 radical (unpaired) electrons. The second-order valence-corrected chi connectivity index (χ2v) is 10.6. The molecule has 1 atom stereocenters. The summed E-state index contributed by atoms with van der Waals surface area (Å²) in [5.74, 6) is -0.308. The molecule has 32 heavy (non-hydrogen) atoms. The van der Waals surface area contributed by atoms with Crippen molar-refractivity contribution in [1.29, 1.82) is 0 Å². The molecule has 1 aliphatic rings. The minimum Gasteiger partial charge on any atom is -0.449 e. The number of benzene rings is 2. The summed E-state index contributed by atoms with van der Waals surface area (Å²) in [4.78, 5) is 26.5. The number of likely N-dealkylation sites (tertiary alicyclic amines) is 1. The molecule has 0 spiro atoms. The number of nitrogens with zero attached hydrogens (tertiary/aromatic N) is 1. The maximum atomic E-state index is 14.5. The highest BCUT2D eigenvalue weighted by Gasteiger charge is 2.36. The van der Waals surface area contributed by atoms with E-state index >= 15 is 0 Å². The molecule has 1 heterocycles. The van der Waals surface area contributed by atoms with Crippen LogP contribution in [-0.2, 0) is 15.9 Å². The Morgan fingerprint density at radius 2 is 2.00 bits per heavy atom. The smallest absolute Gasteiger partial charge is 0.410 e. The van der Waals surface area contributed by atoms with Crippen LogP contribution in [0.1, 0.15) is 46.1 Å². The minimum absolute atomic E-state index is 0.0543. The van der Waals surface area contributed by atoms with Crippen LogP contribution in [-0.4, -0.2) is 47.9 Å². The van der Waals surface area contributed by atoms with E-state index in [1.54, 1.807) is 11.0 Å². The number of fused-ring (bicyclic) bond motifs is 1. The van der Waals surface area contributed by atoms with E-state index in [4.69, 9.17) is 9.47 Å². The van der Waals surface area contributed by atoms with Crippen molar-refractivity contribution in [3.05, 3.63) is 45.3 Å². The summed E-state index contributed by atoms with van der Waals surface area (Å²) in [6.45, 7) is 8.33. The highest BCUT2D eigenvalue weighted by atomic mass is 127. The molecule has 0 aliphatic carbocycles. The van der Waals surface area contributed by atoms with Crippen molar-refractivity contribution in [3.8, 4) is 0 Å². The third kappa shape index (κ3) is 6.24. The molecular formula is C24H30FIN2O4. The fraction of sp³-hybridized carbons (Fsp3) is 0.500. The van der Waals surface area contributed by atoms with Crippen molar-refractivity contribution in [3.63, 3.8) is 0 Å². The van der Waals surface area contributed by atoms with Crippen LogP contribution in [0.3, 0.4) is 0 Å². The Labute approximate surface area is 202 Å². The van der Waals surface area contributed by atoms with Crippen LogP contribution in [0.25, 0.3) is 10.8 Å². The Bertz CT molecular complexity index is 1010. The summed E-state index contributed by atoms with van der Waals surface area (Å²) < 4.78 is 26.3. The summed E-state index contributed by atoms with van der Waals surface area (Å²) in [6.07, 6.45) is 0.776. The first kappa shape index (κ1) is 24.5. The molecule has 0 unspecified atom stereocenters. The number of halogens is 2. The molecule has 2 aromatic carbocycles. The molecule has 2 amide bonds. The van der Waals surface area contributed by atoms with Gasteiger partial charge in [-0.1, -0.05) is 18.2 Å². The predicted molar refractivity (Wildman–Crippen MR) is 130 cm³/mol. The lowest BCUT2D eigenvalue weighted by Crippen LogP contribution is -2.58. The summed E-state index contributed by atoms with van der Waals surface area (Å²) in [7, 11) is 0. The van der Waals surface area contributed by atoms with Crippen LogP contribution in [0.4, 0.5) is 14.0 Å². The van der Waals surface area contributed by atoms with Crippen LogP contribution in [0.5, 0.6) is 0 Å². The monoisotopic (exact) mass is 556 g/mol. The Hall–Kier alpha value is -2.10. The number of ether oxygens (including phenoxy) is 2. The average molecular weight is 556 g/mol. The number of nitrogens with one attached hydrogen (secondary N) is 1. The average Bonchev–Trinajstić information content (AvgIpc) is 2.68. The van der Waals surface area contributed by atoms with E-state index in [0.717, 1.165) is 27.2 Å². The third-order valence-corrected chi connectivity index (χ3v) is 6.28. The van der Waals surface area contributed by atoms with Gasteiger partial charge in [0.05, 0.1) is 12.1 Å². The molecule has 1 aliphatic heterocycles. The summed E-state index contributed by atoms with van der Waals surface area (Å²) in [5, 5.41) is 4.69. The molecule has 2 aromatic rings. The molecule has 174 valence electrons. The number of carbonyl (C=O) groups excluding carboxylic acids is 2. The van der Waals surface area contributed by atoms with Gasteiger partial charge in [0.15, 0.2) is 0 Å². The van der Waals surface area contributed by atoms with Gasteiger partial charge in [-0.05, 0) is 80.6 Å². The van der Waals surface area contributed by atoms with Gasteiger partial charge >= 0.3 is 12.2 Å². The maximum Gasteiger partial charge on any atom is 0.410 e. The molecule has 0 aromatic heterocycles. The molecular weight excluding hydrogens is 526 g/mol. The molecule has 0 saturated carbocycles. The van der Waals surface area contributed by atoms with Gasteiger partial charge in [-0.2, -0.15) is 0 Å². The highest BCUT2D eigenvalue weighted by molar-refractivity contribution is 14.1. The Balaban J connectivity index is 1.58. The lowest BCUT2D eigenvalue weighted by molar-refractivity contribution is 0.0119. The lowest BCUT2D eigenvalue weighted by atomic mass is 9.91. The Morgan fingerprint density at radius 3 is 2.72 bits per heavy atom. The maximum absolute atomic E-state index is 14.5. The van der Waals surface area contributed by atoms with Crippen molar-refractivity contribution >= 4 is 45.5 Å². The van der Waals surface area contributed by atoms with Gasteiger partial charge in [-0.25, -0.2) is 14.0 Å². The number of hydrogen-bond donors (Lipinski definition) is 1. The van der Waals surface area contributed by atoms with Gasteiger partial charge in [0.25, 0.3) is 0 Å². The summed E-state index contributed by atoms with van der Waals surface area (Å²) >= 11 is 2.19. The van der Waals surface area contributed by atoms with Gasteiger partial charge in [0.2, 0.25) is 0 Å².